The standard InChI is InChI=1S/C11H13N3O2/c1-8-2-4-9(5-3-8)10-6-14(13-12-10)7-11(15)16/h2-6,11,15-16H,7H2,1H3. The van der Waals surface area contributed by atoms with E-state index in [0.29, 0.717) is 0 Å². The summed E-state index contributed by atoms with van der Waals surface area (Å²) >= 11 is 0. The molecule has 16 heavy (non-hydrogen) atoms. The molecule has 0 unspecified atom stereocenters. The van der Waals surface area contributed by atoms with E-state index in [0.717, 1.165) is 11.3 Å². The molecule has 0 atom stereocenters. The number of hydrogen-bond acceptors (Lipinski definition) is 4. The van der Waals surface area contributed by atoms with Crippen molar-refractivity contribution in [3.05, 3.63) is 36.0 Å². The summed E-state index contributed by atoms with van der Waals surface area (Å²) in [6, 6.07) is 7.91. The molecule has 0 radical (unpaired) electrons. The van der Waals surface area contributed by atoms with Crippen LogP contribution in [0.4, 0.5) is 0 Å². The van der Waals surface area contributed by atoms with Crippen LogP contribution in [0, 0.1) is 6.92 Å². The molecule has 2 N–H and O–H groups in total. The van der Waals surface area contributed by atoms with Crippen molar-refractivity contribution in [1.29, 1.82) is 0 Å². The Balaban J connectivity index is 2.21. The first-order valence-electron chi connectivity index (χ1n) is 4.98. The average Bonchev–Trinajstić information content (AvgIpc) is 2.66. The molecule has 2 aromatic rings. The Morgan fingerprint density at radius 1 is 1.25 bits per heavy atom. The molecule has 0 fully saturated rings. The Morgan fingerprint density at radius 2 is 1.94 bits per heavy atom. The van der Waals surface area contributed by atoms with E-state index in [1.807, 2.05) is 31.2 Å². The zero-order chi connectivity index (χ0) is 11.5. The molecule has 0 bridgehead atoms. The molecule has 5 nitrogen and oxygen atoms in total. The normalized spacial score (nSPS) is 11.0. The minimum Gasteiger partial charge on any atom is -0.367 e. The summed E-state index contributed by atoms with van der Waals surface area (Å²) in [5.41, 5.74) is 2.87. The number of nitrogens with zero attached hydrogens (tertiary/aromatic N) is 3. The molecule has 5 heteroatoms. The first kappa shape index (κ1) is 10.8. The van der Waals surface area contributed by atoms with Crippen molar-refractivity contribution in [2.24, 2.45) is 0 Å². The number of aromatic nitrogens is 3. The van der Waals surface area contributed by atoms with Crippen LogP contribution in [-0.4, -0.2) is 31.5 Å². The monoisotopic (exact) mass is 219 g/mol. The predicted molar refractivity (Wildman–Crippen MR) is 58.4 cm³/mol. The number of aliphatic hydroxyl groups is 2. The highest BCUT2D eigenvalue weighted by molar-refractivity contribution is 5.57. The lowest BCUT2D eigenvalue weighted by atomic mass is 10.1. The quantitative estimate of drug-likeness (QED) is 0.740. The maximum Gasteiger partial charge on any atom is 0.171 e. The summed E-state index contributed by atoms with van der Waals surface area (Å²) in [5.74, 6) is 0. The molecule has 0 aliphatic heterocycles. The summed E-state index contributed by atoms with van der Waals surface area (Å²) in [4.78, 5) is 0. The number of hydrogen-bond donors (Lipinski definition) is 2. The van der Waals surface area contributed by atoms with E-state index in [9.17, 15) is 0 Å². The second-order valence-electron chi connectivity index (χ2n) is 3.67. The Hall–Kier alpha value is -1.72. The van der Waals surface area contributed by atoms with Crippen molar-refractivity contribution >= 4 is 0 Å². The Morgan fingerprint density at radius 3 is 2.56 bits per heavy atom. The second-order valence-corrected chi connectivity index (χ2v) is 3.67. The molecule has 1 heterocycles. The molecule has 1 aromatic heterocycles. The fraction of sp³-hybridized carbons (Fsp3) is 0.273. The van der Waals surface area contributed by atoms with Crippen LogP contribution in [0.5, 0.6) is 0 Å². The topological polar surface area (TPSA) is 71.2 Å². The van der Waals surface area contributed by atoms with Gasteiger partial charge in [0, 0.05) is 5.56 Å². The van der Waals surface area contributed by atoms with E-state index in [4.69, 9.17) is 10.2 Å². The molecular formula is C11H13N3O2. The van der Waals surface area contributed by atoms with E-state index in [2.05, 4.69) is 10.3 Å². The Kier molecular flexibility index (Phi) is 2.98. The van der Waals surface area contributed by atoms with Gasteiger partial charge in [-0.1, -0.05) is 35.0 Å². The Labute approximate surface area is 93.0 Å². The maximum atomic E-state index is 8.79. The van der Waals surface area contributed by atoms with Gasteiger partial charge in [0.05, 0.1) is 12.7 Å². The van der Waals surface area contributed by atoms with Crippen molar-refractivity contribution in [1.82, 2.24) is 15.0 Å². The average molecular weight is 219 g/mol. The zero-order valence-corrected chi connectivity index (χ0v) is 8.91. The van der Waals surface area contributed by atoms with Gasteiger partial charge in [0.25, 0.3) is 0 Å². The summed E-state index contributed by atoms with van der Waals surface area (Å²) in [7, 11) is 0. The highest BCUT2D eigenvalue weighted by Crippen LogP contribution is 2.16. The van der Waals surface area contributed by atoms with Gasteiger partial charge < -0.3 is 10.2 Å². The lowest BCUT2D eigenvalue weighted by Crippen LogP contribution is -2.14. The van der Waals surface area contributed by atoms with Crippen LogP contribution in [0.15, 0.2) is 30.5 Å². The molecule has 0 aliphatic carbocycles. The highest BCUT2D eigenvalue weighted by Gasteiger charge is 2.05. The molecule has 0 saturated heterocycles. The van der Waals surface area contributed by atoms with Gasteiger partial charge in [-0.05, 0) is 6.92 Å². The first-order chi connectivity index (χ1) is 7.65. The molecular weight excluding hydrogens is 206 g/mol. The van der Waals surface area contributed by atoms with Crippen molar-refractivity contribution in [3.8, 4) is 11.3 Å². The molecule has 0 aliphatic rings. The Bertz CT molecular complexity index is 462. The number of benzene rings is 1. The summed E-state index contributed by atoms with van der Waals surface area (Å²) in [6.45, 7) is 2.04. The van der Waals surface area contributed by atoms with Gasteiger partial charge in [-0.2, -0.15) is 0 Å². The molecule has 0 amide bonds. The third-order valence-corrected chi connectivity index (χ3v) is 2.24. The summed E-state index contributed by atoms with van der Waals surface area (Å²) < 4.78 is 1.40. The SMILES string of the molecule is Cc1ccc(-c2cn(CC(O)O)nn2)cc1. The molecule has 84 valence electrons. The van der Waals surface area contributed by atoms with E-state index < -0.39 is 6.29 Å². The van der Waals surface area contributed by atoms with Crippen LogP contribution >= 0.6 is 0 Å². The highest BCUT2D eigenvalue weighted by atomic mass is 16.5. The fourth-order valence-electron chi connectivity index (χ4n) is 1.41. The minimum absolute atomic E-state index is 0.0266. The van der Waals surface area contributed by atoms with Gasteiger partial charge in [0.1, 0.15) is 5.69 Å². The van der Waals surface area contributed by atoms with E-state index >= 15 is 0 Å². The van der Waals surface area contributed by atoms with Crippen LogP contribution in [0.2, 0.25) is 0 Å². The number of aryl methyl sites for hydroxylation is 1. The van der Waals surface area contributed by atoms with E-state index in [-0.39, 0.29) is 6.54 Å². The number of aliphatic hydroxyl groups excluding tert-OH is 1. The third kappa shape index (κ3) is 2.44. The van der Waals surface area contributed by atoms with Gasteiger partial charge in [-0.3, -0.25) is 0 Å². The smallest absolute Gasteiger partial charge is 0.171 e. The van der Waals surface area contributed by atoms with Crippen LogP contribution in [0.1, 0.15) is 5.56 Å². The van der Waals surface area contributed by atoms with Crippen molar-refractivity contribution in [2.45, 2.75) is 19.8 Å². The number of rotatable bonds is 3. The summed E-state index contributed by atoms with van der Waals surface area (Å²) in [6.07, 6.45) is 0.275. The van der Waals surface area contributed by atoms with Crippen LogP contribution in [0.3, 0.4) is 0 Å². The third-order valence-electron chi connectivity index (χ3n) is 2.24. The van der Waals surface area contributed by atoms with Crippen LogP contribution < -0.4 is 0 Å². The molecule has 0 saturated carbocycles. The zero-order valence-electron chi connectivity index (χ0n) is 8.91. The van der Waals surface area contributed by atoms with Crippen molar-refractivity contribution in [3.63, 3.8) is 0 Å². The maximum absolute atomic E-state index is 8.79. The van der Waals surface area contributed by atoms with Crippen LogP contribution in [0.25, 0.3) is 11.3 Å². The van der Waals surface area contributed by atoms with Crippen molar-refractivity contribution < 1.29 is 10.2 Å². The first-order valence-corrected chi connectivity index (χ1v) is 4.98. The van der Waals surface area contributed by atoms with Crippen LogP contribution in [-0.2, 0) is 6.54 Å². The van der Waals surface area contributed by atoms with Gasteiger partial charge in [-0.25, -0.2) is 4.68 Å². The minimum atomic E-state index is -1.41. The summed E-state index contributed by atoms with van der Waals surface area (Å²) in [5, 5.41) is 25.3. The van der Waals surface area contributed by atoms with Gasteiger partial charge in [0.2, 0.25) is 0 Å². The predicted octanol–water partition coefficient (Wildman–Crippen LogP) is 0.564. The second kappa shape index (κ2) is 4.42. The van der Waals surface area contributed by atoms with Gasteiger partial charge in [0.15, 0.2) is 6.29 Å². The van der Waals surface area contributed by atoms with E-state index in [1.54, 1.807) is 6.20 Å². The lowest BCUT2D eigenvalue weighted by molar-refractivity contribution is -0.0537. The van der Waals surface area contributed by atoms with E-state index in [1.165, 1.54) is 10.2 Å². The molecule has 1 aromatic carbocycles. The molecule has 2 rings (SSSR count). The molecule has 0 spiro atoms. The van der Waals surface area contributed by atoms with Gasteiger partial charge in [-0.15, -0.1) is 5.10 Å². The lowest BCUT2D eigenvalue weighted by Gasteiger charge is -2.00. The fourth-order valence-corrected chi connectivity index (χ4v) is 1.41. The largest absolute Gasteiger partial charge is 0.367 e. The van der Waals surface area contributed by atoms with Gasteiger partial charge >= 0.3 is 0 Å². The van der Waals surface area contributed by atoms with Crippen molar-refractivity contribution in [2.75, 3.05) is 0 Å².